The highest BCUT2D eigenvalue weighted by molar-refractivity contribution is 8.00. The van der Waals surface area contributed by atoms with Crippen molar-refractivity contribution in [3.8, 4) is 0 Å². The van der Waals surface area contributed by atoms with Gasteiger partial charge in [0.2, 0.25) is 0 Å². The van der Waals surface area contributed by atoms with Gasteiger partial charge in [0.1, 0.15) is 29.2 Å². The Morgan fingerprint density at radius 2 is 1.91 bits per heavy atom. The summed E-state index contributed by atoms with van der Waals surface area (Å²) in [5.74, 6) is 0. The third-order valence-corrected chi connectivity index (χ3v) is 6.90. The van der Waals surface area contributed by atoms with Crippen LogP contribution in [-0.4, -0.2) is 86.6 Å². The number of likely N-dealkylation sites (N-methyl/N-ethyl adjacent to an activating group) is 1. The summed E-state index contributed by atoms with van der Waals surface area (Å²) in [6.45, 7) is 4.21. The molecule has 0 radical (unpaired) electrons. The second-order valence-corrected chi connectivity index (χ2v) is 8.18. The van der Waals surface area contributed by atoms with Crippen molar-refractivity contribution in [3.05, 3.63) is 0 Å². The van der Waals surface area contributed by atoms with Gasteiger partial charge in [-0.3, -0.25) is 9.80 Å². The molecule has 3 aliphatic rings. The Bertz CT molecular complexity index is 396. The van der Waals surface area contributed by atoms with Crippen LogP contribution in [-0.2, 0) is 4.74 Å². The highest BCUT2D eigenvalue weighted by atomic mass is 32.2. The van der Waals surface area contributed by atoms with Gasteiger partial charge in [0, 0.05) is 13.1 Å². The highest BCUT2D eigenvalue weighted by Crippen LogP contribution is 2.44. The van der Waals surface area contributed by atoms with Crippen molar-refractivity contribution < 1.29 is 20.1 Å². The van der Waals surface area contributed by atoms with E-state index in [2.05, 4.69) is 16.7 Å². The molecule has 0 aromatic heterocycles. The fourth-order valence-corrected chi connectivity index (χ4v) is 5.65. The summed E-state index contributed by atoms with van der Waals surface area (Å²) in [6, 6.07) is -0.227. The van der Waals surface area contributed by atoms with Gasteiger partial charge in [-0.25, -0.2) is 0 Å². The number of ether oxygens (including phenoxy) is 1. The van der Waals surface area contributed by atoms with Crippen LogP contribution < -0.4 is 0 Å². The second kappa shape index (κ2) is 7.56. The first-order chi connectivity index (χ1) is 11.0. The molecule has 3 aliphatic heterocycles. The predicted octanol–water partition coefficient (Wildman–Crippen LogP) is 0.411. The third-order valence-electron chi connectivity index (χ3n) is 5.37. The molecule has 0 saturated carbocycles. The van der Waals surface area contributed by atoms with Gasteiger partial charge in [0.15, 0.2) is 0 Å². The number of fused-ring (bicyclic) bond motifs is 1. The van der Waals surface area contributed by atoms with Crippen LogP contribution in [0.25, 0.3) is 0 Å². The van der Waals surface area contributed by atoms with E-state index in [9.17, 15) is 15.3 Å². The molecule has 7 unspecified atom stereocenters. The van der Waals surface area contributed by atoms with Gasteiger partial charge >= 0.3 is 0 Å². The number of hydrogen-bond acceptors (Lipinski definition) is 7. The molecule has 134 valence electrons. The molecule has 6 nitrogen and oxygen atoms in total. The average molecular weight is 346 g/mol. The van der Waals surface area contributed by atoms with Crippen LogP contribution in [0.1, 0.15) is 39.0 Å². The fourth-order valence-electron chi connectivity index (χ4n) is 3.98. The van der Waals surface area contributed by atoms with E-state index in [0.717, 1.165) is 25.9 Å². The topological polar surface area (TPSA) is 76.4 Å². The van der Waals surface area contributed by atoms with Crippen molar-refractivity contribution in [2.75, 3.05) is 20.1 Å². The molecule has 3 heterocycles. The Hall–Kier alpha value is 0.110. The summed E-state index contributed by atoms with van der Waals surface area (Å²) in [4.78, 5) is 4.54. The lowest BCUT2D eigenvalue weighted by atomic mass is 9.92. The van der Waals surface area contributed by atoms with E-state index >= 15 is 0 Å². The minimum Gasteiger partial charge on any atom is -0.390 e. The van der Waals surface area contributed by atoms with E-state index in [1.54, 1.807) is 11.8 Å². The Morgan fingerprint density at radius 3 is 2.57 bits per heavy atom. The van der Waals surface area contributed by atoms with Gasteiger partial charge in [-0.15, -0.1) is 0 Å². The molecular weight excluding hydrogens is 316 g/mol. The smallest absolute Gasteiger partial charge is 0.124 e. The summed E-state index contributed by atoms with van der Waals surface area (Å²) < 4.78 is 6.05. The number of aliphatic hydroxyl groups excluding tert-OH is 3. The van der Waals surface area contributed by atoms with Gasteiger partial charge in [0.05, 0.1) is 12.1 Å². The minimum atomic E-state index is -1.04. The van der Waals surface area contributed by atoms with Crippen molar-refractivity contribution in [3.63, 3.8) is 0 Å². The number of rotatable bonds is 5. The number of aliphatic hydroxyl groups is 3. The number of hydrogen-bond donors (Lipinski definition) is 3. The highest BCUT2D eigenvalue weighted by Gasteiger charge is 2.55. The number of unbranched alkanes of at least 4 members (excludes halogenated alkanes) is 1. The molecule has 0 aromatic carbocycles. The van der Waals surface area contributed by atoms with Gasteiger partial charge in [-0.1, -0.05) is 31.5 Å². The Morgan fingerprint density at radius 1 is 1.22 bits per heavy atom. The maximum absolute atomic E-state index is 10.6. The molecule has 7 heteroatoms. The monoisotopic (exact) mass is 346 g/mol. The first-order valence-corrected chi connectivity index (χ1v) is 9.80. The van der Waals surface area contributed by atoms with E-state index < -0.39 is 24.4 Å². The molecule has 0 bridgehead atoms. The summed E-state index contributed by atoms with van der Waals surface area (Å²) in [7, 11) is 1.99. The van der Waals surface area contributed by atoms with E-state index in [-0.39, 0.29) is 17.0 Å². The molecule has 3 rings (SSSR count). The fraction of sp³-hybridized carbons (Fsp3) is 1.00. The Balaban J connectivity index is 1.69. The largest absolute Gasteiger partial charge is 0.390 e. The van der Waals surface area contributed by atoms with Gasteiger partial charge < -0.3 is 20.1 Å². The molecule has 0 spiro atoms. The lowest BCUT2D eigenvalue weighted by Crippen LogP contribution is -2.62. The zero-order chi connectivity index (χ0) is 16.6. The van der Waals surface area contributed by atoms with Crippen molar-refractivity contribution in [2.45, 2.75) is 80.4 Å². The maximum atomic E-state index is 10.6. The average Bonchev–Trinajstić information content (AvgIpc) is 3.16. The van der Waals surface area contributed by atoms with Crippen LogP contribution in [0, 0.1) is 0 Å². The summed E-state index contributed by atoms with van der Waals surface area (Å²) in [5, 5.41) is 31.4. The van der Waals surface area contributed by atoms with Crippen LogP contribution in [0.4, 0.5) is 0 Å². The van der Waals surface area contributed by atoms with E-state index in [0.29, 0.717) is 6.42 Å². The quantitative estimate of drug-likeness (QED) is 0.666. The lowest BCUT2D eigenvalue weighted by molar-refractivity contribution is -0.204. The van der Waals surface area contributed by atoms with Crippen LogP contribution in [0.3, 0.4) is 0 Å². The number of thioether (sulfide) groups is 1. The van der Waals surface area contributed by atoms with Crippen molar-refractivity contribution in [1.29, 1.82) is 0 Å². The number of likely N-dealkylation sites (tertiary alicyclic amines) is 1. The minimum absolute atomic E-state index is 0.181. The number of nitrogens with zero attached hydrogens (tertiary/aromatic N) is 2. The van der Waals surface area contributed by atoms with E-state index in [1.165, 1.54) is 12.8 Å². The molecule has 0 aromatic rings. The lowest BCUT2D eigenvalue weighted by Gasteiger charge is -2.43. The van der Waals surface area contributed by atoms with Crippen molar-refractivity contribution >= 4 is 11.8 Å². The van der Waals surface area contributed by atoms with Crippen molar-refractivity contribution in [1.82, 2.24) is 9.80 Å². The Kier molecular flexibility index (Phi) is 5.89. The molecule has 3 saturated heterocycles. The molecule has 23 heavy (non-hydrogen) atoms. The molecular formula is C16H30N2O4S. The standard InChI is InChI=1S/C16H30N2O4S/c1-3-4-7-10(19)14-13(21)12(20)11-15(22-14)23-16(17(11)2)18-8-5-6-9-18/h10-16,19-21H,3-9H2,1-2H3. The summed E-state index contributed by atoms with van der Waals surface area (Å²) >= 11 is 1.70. The van der Waals surface area contributed by atoms with Gasteiger partial charge in [-0.2, -0.15) is 0 Å². The van der Waals surface area contributed by atoms with Crippen LogP contribution in [0.5, 0.6) is 0 Å². The zero-order valence-corrected chi connectivity index (χ0v) is 14.9. The molecule has 0 amide bonds. The molecule has 3 N–H and O–H groups in total. The molecule has 0 aliphatic carbocycles. The Labute approximate surface area is 142 Å². The van der Waals surface area contributed by atoms with Crippen LogP contribution >= 0.6 is 11.8 Å². The van der Waals surface area contributed by atoms with Crippen LogP contribution in [0.2, 0.25) is 0 Å². The SMILES string of the molecule is CCCCC(O)C1OC2SC(N3CCCC3)N(C)C2C(O)C1O. The van der Waals surface area contributed by atoms with Crippen LogP contribution in [0.15, 0.2) is 0 Å². The van der Waals surface area contributed by atoms with Crippen molar-refractivity contribution in [2.24, 2.45) is 0 Å². The first kappa shape index (κ1) is 17.9. The summed E-state index contributed by atoms with van der Waals surface area (Å²) in [6.07, 6.45) is 1.55. The molecule has 3 fully saturated rings. The van der Waals surface area contributed by atoms with Gasteiger partial charge in [0.25, 0.3) is 0 Å². The molecule has 7 atom stereocenters. The maximum Gasteiger partial charge on any atom is 0.124 e. The first-order valence-electron chi connectivity index (χ1n) is 8.85. The van der Waals surface area contributed by atoms with Gasteiger partial charge in [-0.05, 0) is 26.3 Å². The van der Waals surface area contributed by atoms with E-state index in [1.807, 2.05) is 7.05 Å². The zero-order valence-electron chi connectivity index (χ0n) is 14.0. The second-order valence-electron chi connectivity index (χ2n) is 7.02. The third kappa shape index (κ3) is 3.42. The predicted molar refractivity (Wildman–Crippen MR) is 89.9 cm³/mol. The van der Waals surface area contributed by atoms with E-state index in [4.69, 9.17) is 4.74 Å². The summed E-state index contributed by atoms with van der Waals surface area (Å²) in [5.41, 5.74) is -0.0221. The normalized spacial score (nSPS) is 43.7.